The largest absolute Gasteiger partial charge is 0.441 e. The molecule has 1 unspecified atom stereocenters. The summed E-state index contributed by atoms with van der Waals surface area (Å²) in [6, 6.07) is 7.41. The standard InChI is InChI=1S/C19H25N3O3/c1-12-10-22(11-19(4,5)25-12)18(23)21-16-8-6-7-15(9-16)17-20-13(2)14(3)24-17/h6-9,12H,10-11H2,1-5H3,(H,21,23). The maximum Gasteiger partial charge on any atom is 0.322 e. The molecule has 0 spiro atoms. The van der Waals surface area contributed by atoms with Crippen molar-refractivity contribution < 1.29 is 13.9 Å². The minimum Gasteiger partial charge on any atom is -0.441 e. The zero-order valence-corrected chi connectivity index (χ0v) is 15.4. The van der Waals surface area contributed by atoms with Crippen molar-refractivity contribution in [2.45, 2.75) is 46.3 Å². The van der Waals surface area contributed by atoms with E-state index >= 15 is 0 Å². The van der Waals surface area contributed by atoms with Crippen molar-refractivity contribution in [2.75, 3.05) is 18.4 Å². The Bertz CT molecular complexity index is 762. The van der Waals surface area contributed by atoms with Gasteiger partial charge in [0.25, 0.3) is 0 Å². The van der Waals surface area contributed by atoms with Crippen molar-refractivity contribution >= 4 is 11.7 Å². The molecule has 1 aliphatic heterocycles. The molecular formula is C19H25N3O3. The molecule has 1 aliphatic rings. The van der Waals surface area contributed by atoms with E-state index in [0.29, 0.717) is 24.7 Å². The number of hydrogen-bond donors (Lipinski definition) is 1. The highest BCUT2D eigenvalue weighted by atomic mass is 16.5. The van der Waals surface area contributed by atoms with Crippen LogP contribution in [0.3, 0.4) is 0 Å². The van der Waals surface area contributed by atoms with Gasteiger partial charge in [-0.05, 0) is 52.8 Å². The van der Waals surface area contributed by atoms with E-state index < -0.39 is 0 Å². The molecular weight excluding hydrogens is 318 g/mol. The van der Waals surface area contributed by atoms with Gasteiger partial charge in [0.05, 0.1) is 23.9 Å². The Morgan fingerprint density at radius 2 is 2.12 bits per heavy atom. The Balaban J connectivity index is 1.74. The van der Waals surface area contributed by atoms with Crippen molar-refractivity contribution in [2.24, 2.45) is 0 Å². The molecule has 1 atom stereocenters. The number of oxazole rings is 1. The number of urea groups is 1. The first-order chi connectivity index (χ1) is 11.7. The number of nitrogens with zero attached hydrogens (tertiary/aromatic N) is 2. The highest BCUT2D eigenvalue weighted by Gasteiger charge is 2.33. The molecule has 3 rings (SSSR count). The zero-order valence-electron chi connectivity index (χ0n) is 15.4. The second-order valence-corrected chi connectivity index (χ2v) is 7.24. The highest BCUT2D eigenvalue weighted by molar-refractivity contribution is 5.90. The summed E-state index contributed by atoms with van der Waals surface area (Å²) < 4.78 is 11.5. The van der Waals surface area contributed by atoms with E-state index in [-0.39, 0.29) is 17.7 Å². The number of hydrogen-bond acceptors (Lipinski definition) is 4. The predicted octanol–water partition coefficient (Wildman–Crippen LogP) is 3.99. The van der Waals surface area contributed by atoms with Crippen molar-refractivity contribution in [3.63, 3.8) is 0 Å². The van der Waals surface area contributed by atoms with Gasteiger partial charge in [-0.15, -0.1) is 0 Å². The number of anilines is 1. The first-order valence-electron chi connectivity index (χ1n) is 8.52. The van der Waals surface area contributed by atoms with Crippen LogP contribution in [0.15, 0.2) is 28.7 Å². The third kappa shape index (κ3) is 4.02. The van der Waals surface area contributed by atoms with Crippen LogP contribution in [-0.4, -0.2) is 40.7 Å². The SMILES string of the molecule is Cc1nc(-c2cccc(NC(=O)N3CC(C)OC(C)(C)C3)c2)oc1C. The summed E-state index contributed by atoms with van der Waals surface area (Å²) in [5.41, 5.74) is 2.08. The lowest BCUT2D eigenvalue weighted by atomic mass is 10.1. The highest BCUT2D eigenvalue weighted by Crippen LogP contribution is 2.25. The van der Waals surface area contributed by atoms with Gasteiger partial charge in [-0.25, -0.2) is 9.78 Å². The van der Waals surface area contributed by atoms with Crippen molar-refractivity contribution in [1.29, 1.82) is 0 Å². The van der Waals surface area contributed by atoms with E-state index in [2.05, 4.69) is 10.3 Å². The third-order valence-corrected chi connectivity index (χ3v) is 4.25. The van der Waals surface area contributed by atoms with E-state index in [4.69, 9.17) is 9.15 Å². The fourth-order valence-corrected chi connectivity index (χ4v) is 3.14. The number of ether oxygens (including phenoxy) is 1. The maximum atomic E-state index is 12.6. The van der Waals surface area contributed by atoms with Crippen LogP contribution in [0.5, 0.6) is 0 Å². The number of aryl methyl sites for hydroxylation is 2. The molecule has 1 fully saturated rings. The molecule has 1 aromatic heterocycles. The summed E-state index contributed by atoms with van der Waals surface area (Å²) in [6.45, 7) is 10.9. The van der Waals surface area contributed by atoms with Crippen LogP contribution in [0, 0.1) is 13.8 Å². The normalized spacial score (nSPS) is 19.7. The summed E-state index contributed by atoms with van der Waals surface area (Å²) in [5.74, 6) is 1.36. The molecule has 2 amide bonds. The van der Waals surface area contributed by atoms with Crippen molar-refractivity contribution in [1.82, 2.24) is 9.88 Å². The average molecular weight is 343 g/mol. The molecule has 2 heterocycles. The fraction of sp³-hybridized carbons (Fsp3) is 0.474. The van der Waals surface area contributed by atoms with Gasteiger partial charge in [0.1, 0.15) is 5.76 Å². The van der Waals surface area contributed by atoms with E-state index in [1.807, 2.05) is 58.9 Å². The molecule has 1 saturated heterocycles. The lowest BCUT2D eigenvalue weighted by Crippen LogP contribution is -2.54. The molecule has 25 heavy (non-hydrogen) atoms. The fourth-order valence-electron chi connectivity index (χ4n) is 3.14. The van der Waals surface area contributed by atoms with E-state index in [1.54, 1.807) is 4.90 Å². The molecule has 134 valence electrons. The molecule has 2 aromatic rings. The molecule has 0 saturated carbocycles. The second-order valence-electron chi connectivity index (χ2n) is 7.24. The number of benzene rings is 1. The van der Waals surface area contributed by atoms with Gasteiger partial charge in [0, 0.05) is 17.8 Å². The van der Waals surface area contributed by atoms with Crippen LogP contribution in [0.4, 0.5) is 10.5 Å². The summed E-state index contributed by atoms with van der Waals surface area (Å²) in [7, 11) is 0. The first kappa shape index (κ1) is 17.5. The Labute approximate surface area is 148 Å². The maximum absolute atomic E-state index is 12.6. The van der Waals surface area contributed by atoms with E-state index in [9.17, 15) is 4.79 Å². The summed E-state index contributed by atoms with van der Waals surface area (Å²) in [6.07, 6.45) is 0.0131. The van der Waals surface area contributed by atoms with Crippen molar-refractivity contribution in [3.8, 4) is 11.5 Å². The first-order valence-corrected chi connectivity index (χ1v) is 8.52. The number of amides is 2. The molecule has 6 nitrogen and oxygen atoms in total. The van der Waals surface area contributed by atoms with Crippen molar-refractivity contribution in [3.05, 3.63) is 35.7 Å². The Morgan fingerprint density at radius 1 is 1.36 bits per heavy atom. The summed E-state index contributed by atoms with van der Waals surface area (Å²) in [4.78, 5) is 18.8. The van der Waals surface area contributed by atoms with Crippen LogP contribution < -0.4 is 5.32 Å². The van der Waals surface area contributed by atoms with Gasteiger partial charge < -0.3 is 19.4 Å². The molecule has 0 aliphatic carbocycles. The van der Waals surface area contributed by atoms with Crippen LogP contribution in [-0.2, 0) is 4.74 Å². The number of rotatable bonds is 2. The number of carbonyl (C=O) groups is 1. The van der Waals surface area contributed by atoms with Gasteiger partial charge in [-0.3, -0.25) is 0 Å². The zero-order chi connectivity index (χ0) is 18.2. The molecule has 6 heteroatoms. The lowest BCUT2D eigenvalue weighted by molar-refractivity contribution is -0.116. The minimum absolute atomic E-state index is 0.0131. The Hall–Kier alpha value is -2.34. The lowest BCUT2D eigenvalue weighted by Gasteiger charge is -2.41. The van der Waals surface area contributed by atoms with Gasteiger partial charge in [-0.1, -0.05) is 6.07 Å². The monoisotopic (exact) mass is 343 g/mol. The van der Waals surface area contributed by atoms with Crippen LogP contribution in [0.2, 0.25) is 0 Å². The Morgan fingerprint density at radius 3 is 2.76 bits per heavy atom. The quantitative estimate of drug-likeness (QED) is 0.895. The van der Waals surface area contributed by atoms with Gasteiger partial charge in [0.2, 0.25) is 5.89 Å². The molecule has 0 bridgehead atoms. The number of carbonyl (C=O) groups excluding carboxylic acids is 1. The topological polar surface area (TPSA) is 67.6 Å². The van der Waals surface area contributed by atoms with Gasteiger partial charge in [-0.2, -0.15) is 0 Å². The second kappa shape index (κ2) is 6.52. The molecule has 1 aromatic carbocycles. The van der Waals surface area contributed by atoms with Gasteiger partial charge >= 0.3 is 6.03 Å². The third-order valence-electron chi connectivity index (χ3n) is 4.25. The van der Waals surface area contributed by atoms with Crippen LogP contribution >= 0.6 is 0 Å². The number of morpholine rings is 1. The number of nitrogens with one attached hydrogen (secondary N) is 1. The molecule has 1 N–H and O–H groups in total. The van der Waals surface area contributed by atoms with E-state index in [1.165, 1.54) is 0 Å². The van der Waals surface area contributed by atoms with E-state index in [0.717, 1.165) is 17.0 Å². The summed E-state index contributed by atoms with van der Waals surface area (Å²) in [5, 5.41) is 2.96. The van der Waals surface area contributed by atoms with Gasteiger partial charge in [0.15, 0.2) is 0 Å². The Kier molecular flexibility index (Phi) is 4.56. The summed E-state index contributed by atoms with van der Waals surface area (Å²) >= 11 is 0. The predicted molar refractivity (Wildman–Crippen MR) is 96.6 cm³/mol. The average Bonchev–Trinajstić information content (AvgIpc) is 2.85. The van der Waals surface area contributed by atoms with Crippen LogP contribution in [0.1, 0.15) is 32.2 Å². The smallest absolute Gasteiger partial charge is 0.322 e. The minimum atomic E-state index is -0.343. The molecule has 0 radical (unpaired) electrons. The van der Waals surface area contributed by atoms with Crippen LogP contribution in [0.25, 0.3) is 11.5 Å². The number of aromatic nitrogens is 1.